The topological polar surface area (TPSA) is 32.8 Å². The van der Waals surface area contributed by atoms with Gasteiger partial charge in [-0.2, -0.15) is 0 Å². The molecule has 1 heterocycles. The van der Waals surface area contributed by atoms with E-state index in [0.717, 1.165) is 48.3 Å². The van der Waals surface area contributed by atoms with Gasteiger partial charge >= 0.3 is 0 Å². The molecule has 0 aromatic rings. The summed E-state index contributed by atoms with van der Waals surface area (Å²) in [4.78, 5) is 0. The van der Waals surface area contributed by atoms with Gasteiger partial charge in [-0.3, -0.25) is 0 Å². The zero-order valence-corrected chi connectivity index (χ0v) is 21.8. The first-order valence-corrected chi connectivity index (χ1v) is 14.2. The zero-order valence-electron chi connectivity index (χ0n) is 21.8. The maximum absolute atomic E-state index is 10.3. The summed E-state index contributed by atoms with van der Waals surface area (Å²) in [6, 6.07) is 0. The van der Waals surface area contributed by atoms with Gasteiger partial charge in [-0.15, -0.1) is 0 Å². The quantitative estimate of drug-likeness (QED) is 0.343. The zero-order chi connectivity index (χ0) is 22.8. The van der Waals surface area contributed by atoms with Gasteiger partial charge in [0.2, 0.25) is 0 Å². The van der Waals surface area contributed by atoms with E-state index in [4.69, 9.17) is 4.74 Å². The van der Waals surface area contributed by atoms with Crippen LogP contribution in [0.3, 0.4) is 0 Å². The Morgan fingerprint density at radius 2 is 1.81 bits per heavy atom. The van der Waals surface area contributed by atoms with Crippen LogP contribution in [0.2, 0.25) is 0 Å². The van der Waals surface area contributed by atoms with Crippen LogP contribution in [-0.2, 0) is 4.74 Å². The third-order valence-corrected chi connectivity index (χ3v) is 11.8. The lowest BCUT2D eigenvalue weighted by Gasteiger charge is -2.58. The second kappa shape index (κ2) is 8.40. The minimum absolute atomic E-state index is 0.0923. The van der Waals surface area contributed by atoms with Gasteiger partial charge < -0.3 is 9.84 Å². The average molecular weight is 443 g/mol. The number of fused-ring (bicyclic) bond motifs is 5. The first kappa shape index (κ1) is 23.4. The number of hydrogen-bond donors (Lipinski definition) is 1. The summed E-state index contributed by atoms with van der Waals surface area (Å²) in [6.07, 6.45) is 16.2. The highest BCUT2D eigenvalue weighted by Gasteiger charge is 2.61. The Morgan fingerprint density at radius 1 is 1.03 bits per heavy atom. The van der Waals surface area contributed by atoms with Crippen LogP contribution >= 0.6 is 0 Å². The van der Waals surface area contributed by atoms with Gasteiger partial charge in [0.1, 0.15) is 0 Å². The fourth-order valence-electron chi connectivity index (χ4n) is 9.89. The van der Waals surface area contributed by atoms with Crippen molar-refractivity contribution in [3.8, 4) is 0 Å². The first-order valence-electron chi connectivity index (χ1n) is 14.2. The van der Waals surface area contributed by atoms with E-state index in [1.54, 1.807) is 5.57 Å². The lowest BCUT2D eigenvalue weighted by atomic mass is 9.47. The van der Waals surface area contributed by atoms with E-state index in [1.807, 2.05) is 0 Å². The molecule has 5 rings (SSSR count). The Balaban J connectivity index is 1.31. The molecule has 1 N–H and O–H groups in total. The third kappa shape index (κ3) is 3.57. The van der Waals surface area contributed by atoms with Gasteiger partial charge in [0.15, 0.2) is 0 Å². The lowest BCUT2D eigenvalue weighted by Crippen LogP contribution is -2.51. The van der Waals surface area contributed by atoms with Gasteiger partial charge in [-0.25, -0.2) is 0 Å². The summed E-state index contributed by atoms with van der Waals surface area (Å²) in [5, 5.41) is 10.3. The number of rotatable bonds is 6. The average Bonchev–Trinajstić information content (AvgIpc) is 3.45. The fraction of sp³-hybridized carbons (Fsp3) is 0.933. The SMILES string of the molecule is CCC[C@@H](C(C)C)[C@@H]1O[C@H]1[C@@H](C)[C@H]1CCC2C3CC=C4C[C@@H](O)CC[C@]4(C)C3CC[C@@]21C. The predicted octanol–water partition coefficient (Wildman–Crippen LogP) is 7.40. The molecular weight excluding hydrogens is 392 g/mol. The molecule has 0 spiro atoms. The number of aliphatic hydroxyl groups is 1. The third-order valence-electron chi connectivity index (χ3n) is 11.8. The number of epoxide rings is 1. The highest BCUT2D eigenvalue weighted by atomic mass is 16.6. The number of ether oxygens (including phenoxy) is 1. The van der Waals surface area contributed by atoms with Crippen molar-refractivity contribution in [3.05, 3.63) is 11.6 Å². The second-order valence-corrected chi connectivity index (χ2v) is 13.5. The van der Waals surface area contributed by atoms with Crippen LogP contribution in [-0.4, -0.2) is 23.4 Å². The summed E-state index contributed by atoms with van der Waals surface area (Å²) in [5.74, 6) is 5.64. The van der Waals surface area contributed by atoms with Crippen molar-refractivity contribution in [3.63, 3.8) is 0 Å². The van der Waals surface area contributed by atoms with Crippen LogP contribution in [0.25, 0.3) is 0 Å². The van der Waals surface area contributed by atoms with E-state index < -0.39 is 0 Å². The van der Waals surface area contributed by atoms with Crippen LogP contribution in [0.5, 0.6) is 0 Å². The summed E-state index contributed by atoms with van der Waals surface area (Å²) in [7, 11) is 0. The van der Waals surface area contributed by atoms with Crippen LogP contribution in [0, 0.1) is 52.3 Å². The van der Waals surface area contributed by atoms with E-state index in [9.17, 15) is 5.11 Å². The van der Waals surface area contributed by atoms with Crippen molar-refractivity contribution in [2.24, 2.45) is 52.3 Å². The molecule has 0 amide bonds. The standard InChI is InChI=1S/C30H50O2/c1-7-8-22(18(2)3)28-27(32-28)19(4)24-11-12-25-23-10-9-20-17-21(31)13-15-29(20,5)26(23)14-16-30(24,25)6/h9,18-19,21-28,31H,7-8,10-17H2,1-6H3/t19-,21-,22-,23?,24+,25?,26?,27-,28-,29-,30+/m0/s1. The predicted molar refractivity (Wildman–Crippen MR) is 132 cm³/mol. The Bertz CT molecular complexity index is 726. The molecule has 11 atom stereocenters. The number of aliphatic hydroxyl groups excluding tert-OH is 1. The minimum atomic E-state index is -0.0923. The maximum atomic E-state index is 10.3. The minimum Gasteiger partial charge on any atom is -0.393 e. The Hall–Kier alpha value is -0.340. The summed E-state index contributed by atoms with van der Waals surface area (Å²) >= 11 is 0. The molecule has 32 heavy (non-hydrogen) atoms. The molecule has 0 aromatic carbocycles. The molecule has 2 heteroatoms. The molecule has 2 nitrogen and oxygen atoms in total. The first-order chi connectivity index (χ1) is 15.2. The highest BCUT2D eigenvalue weighted by Crippen LogP contribution is 2.68. The summed E-state index contributed by atoms with van der Waals surface area (Å²) < 4.78 is 6.46. The van der Waals surface area contributed by atoms with Crippen molar-refractivity contribution < 1.29 is 9.84 Å². The molecule has 1 aliphatic heterocycles. The fourth-order valence-corrected chi connectivity index (χ4v) is 9.89. The monoisotopic (exact) mass is 442 g/mol. The van der Waals surface area contributed by atoms with E-state index in [-0.39, 0.29) is 6.10 Å². The summed E-state index contributed by atoms with van der Waals surface area (Å²) in [5.41, 5.74) is 2.47. The Labute approximate surface area is 198 Å². The molecule has 3 saturated carbocycles. The summed E-state index contributed by atoms with van der Waals surface area (Å²) in [6.45, 7) is 14.9. The van der Waals surface area contributed by atoms with E-state index >= 15 is 0 Å². The molecule has 4 fully saturated rings. The van der Waals surface area contributed by atoms with Gasteiger partial charge in [0.25, 0.3) is 0 Å². The number of hydrogen-bond acceptors (Lipinski definition) is 2. The lowest BCUT2D eigenvalue weighted by molar-refractivity contribution is -0.0582. The van der Waals surface area contributed by atoms with Gasteiger partial charge in [0, 0.05) is 0 Å². The smallest absolute Gasteiger partial charge is 0.0875 e. The largest absolute Gasteiger partial charge is 0.393 e. The van der Waals surface area contributed by atoms with Crippen molar-refractivity contribution >= 4 is 0 Å². The highest BCUT2D eigenvalue weighted by molar-refractivity contribution is 5.25. The molecule has 3 unspecified atom stereocenters. The molecule has 0 radical (unpaired) electrons. The van der Waals surface area contributed by atoms with Crippen molar-refractivity contribution in [2.45, 2.75) is 124 Å². The van der Waals surface area contributed by atoms with E-state index in [2.05, 4.69) is 47.6 Å². The molecule has 0 aromatic heterocycles. The van der Waals surface area contributed by atoms with Crippen molar-refractivity contribution in [1.29, 1.82) is 0 Å². The van der Waals surface area contributed by atoms with E-state index in [0.29, 0.717) is 29.0 Å². The Kier molecular flexibility index (Phi) is 6.14. The molecule has 5 aliphatic rings. The second-order valence-electron chi connectivity index (χ2n) is 13.5. The molecule has 0 bridgehead atoms. The van der Waals surface area contributed by atoms with Crippen molar-refractivity contribution in [2.75, 3.05) is 0 Å². The molecule has 182 valence electrons. The van der Waals surface area contributed by atoms with E-state index in [1.165, 1.54) is 51.4 Å². The Morgan fingerprint density at radius 3 is 2.53 bits per heavy atom. The van der Waals surface area contributed by atoms with Crippen molar-refractivity contribution in [1.82, 2.24) is 0 Å². The molecule has 1 saturated heterocycles. The van der Waals surface area contributed by atoms with Crippen LogP contribution in [0.1, 0.15) is 106 Å². The van der Waals surface area contributed by atoms with Crippen LogP contribution in [0.15, 0.2) is 11.6 Å². The number of allylic oxidation sites excluding steroid dienone is 1. The van der Waals surface area contributed by atoms with Crippen LogP contribution in [0.4, 0.5) is 0 Å². The van der Waals surface area contributed by atoms with Gasteiger partial charge in [-0.05, 0) is 110 Å². The molecular formula is C30H50O2. The van der Waals surface area contributed by atoms with Crippen LogP contribution < -0.4 is 0 Å². The van der Waals surface area contributed by atoms with Gasteiger partial charge in [-0.1, -0.05) is 59.6 Å². The molecule has 4 aliphatic carbocycles. The van der Waals surface area contributed by atoms with Gasteiger partial charge in [0.05, 0.1) is 18.3 Å². The maximum Gasteiger partial charge on any atom is 0.0875 e. The normalized spacial score (nSPS) is 49.6.